The topological polar surface area (TPSA) is 39.3 Å². The average molecular weight is 275 g/mol. The molecule has 1 saturated carbocycles. The van der Waals surface area contributed by atoms with Gasteiger partial charge in [0.25, 0.3) is 5.91 Å². The molecule has 1 aliphatic heterocycles. The minimum atomic E-state index is 0.196. The minimum absolute atomic E-state index is 0.196. The Balaban J connectivity index is 1.78. The Morgan fingerprint density at radius 3 is 2.60 bits per heavy atom. The zero-order chi connectivity index (χ0) is 14.2. The maximum atomic E-state index is 12.7. The standard InChI is InChI=1S/C16H25N3O/c1-13-10-17-11-14(13)15(20)19-9-8-18(2)16(12-19)6-4-3-5-7-16/h10-11,17H,3-9,12H2,1-2H3. The Kier molecular flexibility index (Phi) is 3.59. The van der Waals surface area contributed by atoms with Gasteiger partial charge in [0.15, 0.2) is 0 Å². The Labute approximate surface area is 121 Å². The van der Waals surface area contributed by atoms with E-state index in [0.29, 0.717) is 0 Å². The van der Waals surface area contributed by atoms with E-state index in [2.05, 4.69) is 21.8 Å². The number of nitrogens with zero attached hydrogens (tertiary/aromatic N) is 2. The van der Waals surface area contributed by atoms with Crippen molar-refractivity contribution in [2.75, 3.05) is 26.7 Å². The molecule has 20 heavy (non-hydrogen) atoms. The van der Waals surface area contributed by atoms with E-state index in [1.807, 2.05) is 19.3 Å². The highest BCUT2D eigenvalue weighted by molar-refractivity contribution is 5.95. The molecule has 0 bridgehead atoms. The third-order valence-corrected chi connectivity index (χ3v) is 5.25. The van der Waals surface area contributed by atoms with Crippen molar-refractivity contribution in [2.45, 2.75) is 44.6 Å². The Bertz CT molecular complexity index is 488. The van der Waals surface area contributed by atoms with Crippen LogP contribution in [0.3, 0.4) is 0 Å². The zero-order valence-corrected chi connectivity index (χ0v) is 12.6. The van der Waals surface area contributed by atoms with Crippen molar-refractivity contribution in [3.05, 3.63) is 23.5 Å². The van der Waals surface area contributed by atoms with E-state index in [9.17, 15) is 4.79 Å². The quantitative estimate of drug-likeness (QED) is 0.855. The predicted octanol–water partition coefficient (Wildman–Crippen LogP) is 2.41. The molecule has 1 spiro atoms. The molecule has 1 aromatic rings. The van der Waals surface area contributed by atoms with Crippen molar-refractivity contribution in [3.8, 4) is 0 Å². The van der Waals surface area contributed by atoms with Crippen LogP contribution in [0.1, 0.15) is 48.0 Å². The number of nitrogens with one attached hydrogen (secondary N) is 1. The number of aromatic amines is 1. The number of carbonyl (C=O) groups is 1. The fourth-order valence-corrected chi connectivity index (χ4v) is 3.83. The lowest BCUT2D eigenvalue weighted by molar-refractivity contribution is -0.00474. The third-order valence-electron chi connectivity index (χ3n) is 5.25. The van der Waals surface area contributed by atoms with Crippen LogP contribution in [0.25, 0.3) is 0 Å². The molecule has 4 nitrogen and oxygen atoms in total. The first kappa shape index (κ1) is 13.7. The highest BCUT2D eigenvalue weighted by Crippen LogP contribution is 2.36. The van der Waals surface area contributed by atoms with Gasteiger partial charge in [0.05, 0.1) is 5.56 Å². The highest BCUT2D eigenvalue weighted by atomic mass is 16.2. The predicted molar refractivity (Wildman–Crippen MR) is 79.9 cm³/mol. The molecule has 0 atom stereocenters. The molecule has 1 amide bonds. The Hall–Kier alpha value is -1.29. The van der Waals surface area contributed by atoms with Crippen molar-refractivity contribution in [1.82, 2.24) is 14.8 Å². The van der Waals surface area contributed by atoms with E-state index in [4.69, 9.17) is 0 Å². The van der Waals surface area contributed by atoms with Gasteiger partial charge in [-0.1, -0.05) is 19.3 Å². The van der Waals surface area contributed by atoms with Crippen LogP contribution in [0.15, 0.2) is 12.4 Å². The van der Waals surface area contributed by atoms with E-state index < -0.39 is 0 Å². The van der Waals surface area contributed by atoms with Gasteiger partial charge in [-0.25, -0.2) is 0 Å². The summed E-state index contributed by atoms with van der Waals surface area (Å²) in [4.78, 5) is 20.3. The first-order valence-corrected chi connectivity index (χ1v) is 7.76. The van der Waals surface area contributed by atoms with E-state index in [1.165, 1.54) is 32.1 Å². The van der Waals surface area contributed by atoms with Gasteiger partial charge in [-0.15, -0.1) is 0 Å². The minimum Gasteiger partial charge on any atom is -0.367 e. The molecule has 1 aromatic heterocycles. The number of H-pyrrole nitrogens is 1. The van der Waals surface area contributed by atoms with E-state index in [0.717, 1.165) is 30.8 Å². The van der Waals surface area contributed by atoms with Gasteiger partial charge in [-0.2, -0.15) is 0 Å². The monoisotopic (exact) mass is 275 g/mol. The lowest BCUT2D eigenvalue weighted by Gasteiger charge is -2.51. The van der Waals surface area contributed by atoms with E-state index >= 15 is 0 Å². The van der Waals surface area contributed by atoms with Gasteiger partial charge in [-0.3, -0.25) is 9.69 Å². The second-order valence-corrected chi connectivity index (χ2v) is 6.49. The number of hydrogen-bond acceptors (Lipinski definition) is 2. The molecule has 2 aliphatic rings. The normalized spacial score (nSPS) is 23.2. The van der Waals surface area contributed by atoms with Gasteiger partial charge in [0, 0.05) is 37.6 Å². The summed E-state index contributed by atoms with van der Waals surface area (Å²) in [6.45, 7) is 4.74. The van der Waals surface area contributed by atoms with Crippen LogP contribution in [-0.2, 0) is 0 Å². The van der Waals surface area contributed by atoms with Gasteiger partial charge < -0.3 is 9.88 Å². The van der Waals surface area contributed by atoms with Gasteiger partial charge in [-0.05, 0) is 32.4 Å². The summed E-state index contributed by atoms with van der Waals surface area (Å²) in [5.41, 5.74) is 2.11. The van der Waals surface area contributed by atoms with Crippen LogP contribution >= 0.6 is 0 Å². The number of likely N-dealkylation sites (N-methyl/N-ethyl adjacent to an activating group) is 1. The lowest BCUT2D eigenvalue weighted by Crippen LogP contribution is -2.62. The van der Waals surface area contributed by atoms with Crippen molar-refractivity contribution in [1.29, 1.82) is 0 Å². The van der Waals surface area contributed by atoms with E-state index in [1.54, 1.807) is 0 Å². The van der Waals surface area contributed by atoms with Crippen LogP contribution in [-0.4, -0.2) is 52.9 Å². The van der Waals surface area contributed by atoms with Crippen molar-refractivity contribution in [2.24, 2.45) is 0 Å². The molecule has 4 heteroatoms. The molecule has 0 unspecified atom stereocenters. The SMILES string of the molecule is Cc1c[nH]cc1C(=O)N1CCN(C)C2(CCCCC2)C1. The maximum Gasteiger partial charge on any atom is 0.255 e. The fourth-order valence-electron chi connectivity index (χ4n) is 3.83. The molecule has 1 N–H and O–H groups in total. The molecule has 1 aliphatic carbocycles. The second-order valence-electron chi connectivity index (χ2n) is 6.49. The molecule has 1 saturated heterocycles. The maximum absolute atomic E-state index is 12.7. The number of amides is 1. The molecule has 0 aromatic carbocycles. The molecule has 0 radical (unpaired) electrons. The zero-order valence-electron chi connectivity index (χ0n) is 12.6. The molecule has 2 heterocycles. The summed E-state index contributed by atoms with van der Waals surface area (Å²) in [5, 5.41) is 0. The molecular weight excluding hydrogens is 250 g/mol. The summed E-state index contributed by atoms with van der Waals surface area (Å²) in [6.07, 6.45) is 10.2. The van der Waals surface area contributed by atoms with Gasteiger partial charge >= 0.3 is 0 Å². The first-order valence-electron chi connectivity index (χ1n) is 7.76. The van der Waals surface area contributed by atoms with Crippen LogP contribution in [0.5, 0.6) is 0 Å². The largest absolute Gasteiger partial charge is 0.367 e. The molecule has 3 rings (SSSR count). The second kappa shape index (κ2) is 5.24. The summed E-state index contributed by atoms with van der Waals surface area (Å²) in [7, 11) is 2.23. The van der Waals surface area contributed by atoms with Crippen molar-refractivity contribution < 1.29 is 4.79 Å². The fraction of sp³-hybridized carbons (Fsp3) is 0.688. The van der Waals surface area contributed by atoms with Gasteiger partial charge in [0.1, 0.15) is 0 Å². The first-order chi connectivity index (χ1) is 9.62. The number of hydrogen-bond donors (Lipinski definition) is 1. The van der Waals surface area contributed by atoms with Crippen LogP contribution in [0.4, 0.5) is 0 Å². The smallest absolute Gasteiger partial charge is 0.255 e. The summed E-state index contributed by atoms with van der Waals surface area (Å²) in [6, 6.07) is 0. The Morgan fingerprint density at radius 2 is 1.95 bits per heavy atom. The number of rotatable bonds is 1. The Morgan fingerprint density at radius 1 is 1.20 bits per heavy atom. The lowest BCUT2D eigenvalue weighted by atomic mass is 9.79. The molecule has 110 valence electrons. The van der Waals surface area contributed by atoms with E-state index in [-0.39, 0.29) is 11.4 Å². The average Bonchev–Trinajstić information content (AvgIpc) is 2.88. The number of aryl methyl sites for hydroxylation is 1. The van der Waals surface area contributed by atoms with Crippen LogP contribution in [0.2, 0.25) is 0 Å². The number of piperazine rings is 1. The molecule has 2 fully saturated rings. The number of carbonyl (C=O) groups excluding carboxylic acids is 1. The highest BCUT2D eigenvalue weighted by Gasteiger charge is 2.41. The van der Waals surface area contributed by atoms with Crippen molar-refractivity contribution in [3.63, 3.8) is 0 Å². The van der Waals surface area contributed by atoms with Crippen LogP contribution in [0, 0.1) is 6.92 Å². The summed E-state index contributed by atoms with van der Waals surface area (Å²) in [5.74, 6) is 0.196. The third kappa shape index (κ3) is 2.26. The van der Waals surface area contributed by atoms with Crippen molar-refractivity contribution >= 4 is 5.91 Å². The summed E-state index contributed by atoms with van der Waals surface area (Å²) >= 11 is 0. The molecular formula is C16H25N3O. The number of aromatic nitrogens is 1. The van der Waals surface area contributed by atoms with Gasteiger partial charge in [0.2, 0.25) is 0 Å². The van der Waals surface area contributed by atoms with Crippen LogP contribution < -0.4 is 0 Å². The summed E-state index contributed by atoms with van der Waals surface area (Å²) < 4.78 is 0.